The number of aromatic amines is 2. The highest BCUT2D eigenvalue weighted by atomic mass is 16.1. The lowest BCUT2D eigenvalue weighted by Crippen LogP contribution is -1.99. The molecule has 0 bridgehead atoms. The molecule has 2 heterocycles. The quantitative estimate of drug-likeness (QED) is 0.652. The summed E-state index contributed by atoms with van der Waals surface area (Å²) in [5, 5.41) is 12.0. The second-order valence-corrected chi connectivity index (χ2v) is 4.26. The number of hydrogen-bond acceptors (Lipinski definition) is 5. The third-order valence-electron chi connectivity index (χ3n) is 2.74. The number of aryl methyl sites for hydroxylation is 1. The van der Waals surface area contributed by atoms with Crippen molar-refractivity contribution in [2.24, 2.45) is 0 Å². The van der Waals surface area contributed by atoms with Crippen molar-refractivity contribution in [2.45, 2.75) is 6.92 Å². The molecule has 0 spiro atoms. The Morgan fingerprint density at radius 3 is 2.80 bits per heavy atom. The molecule has 3 N–H and O–H groups in total. The van der Waals surface area contributed by atoms with Crippen LogP contribution in [0.2, 0.25) is 0 Å². The first kappa shape index (κ1) is 11.9. The van der Waals surface area contributed by atoms with Crippen LogP contribution in [-0.4, -0.2) is 19.9 Å². The van der Waals surface area contributed by atoms with Gasteiger partial charge in [-0.25, -0.2) is 14.8 Å². The highest BCUT2D eigenvalue weighted by molar-refractivity contribution is 5.79. The van der Waals surface area contributed by atoms with E-state index in [0.29, 0.717) is 22.9 Å². The van der Waals surface area contributed by atoms with Crippen molar-refractivity contribution in [1.82, 2.24) is 19.9 Å². The van der Waals surface area contributed by atoms with Gasteiger partial charge in [0.2, 0.25) is 0 Å². The van der Waals surface area contributed by atoms with Crippen LogP contribution >= 0.6 is 0 Å². The number of nitriles is 1. The first-order valence-electron chi connectivity index (χ1n) is 5.89. The van der Waals surface area contributed by atoms with E-state index in [1.54, 1.807) is 25.1 Å². The number of fused-ring (bicyclic) bond motifs is 1. The predicted molar refractivity (Wildman–Crippen MR) is 73.7 cm³/mol. The van der Waals surface area contributed by atoms with E-state index in [-0.39, 0.29) is 5.69 Å². The summed E-state index contributed by atoms with van der Waals surface area (Å²) >= 11 is 0. The number of nitrogens with zero attached hydrogens (tertiary/aromatic N) is 3. The molecule has 0 saturated heterocycles. The van der Waals surface area contributed by atoms with Gasteiger partial charge in [-0.05, 0) is 25.1 Å². The van der Waals surface area contributed by atoms with E-state index in [1.165, 1.54) is 0 Å². The smallest absolute Gasteiger partial charge is 0.323 e. The molecule has 3 aromatic rings. The van der Waals surface area contributed by atoms with Gasteiger partial charge in [-0.15, -0.1) is 0 Å². The Hall–Kier alpha value is -3.14. The molecular formula is C13H10N6O. The van der Waals surface area contributed by atoms with Crippen molar-refractivity contribution in [3.05, 3.63) is 46.3 Å². The maximum Gasteiger partial charge on any atom is 0.323 e. The largest absolute Gasteiger partial charge is 0.340 e. The van der Waals surface area contributed by atoms with Gasteiger partial charge in [-0.3, -0.25) is 0 Å². The summed E-state index contributed by atoms with van der Waals surface area (Å²) < 4.78 is 0. The van der Waals surface area contributed by atoms with Crippen LogP contribution in [0.5, 0.6) is 0 Å². The molecule has 0 fully saturated rings. The van der Waals surface area contributed by atoms with Gasteiger partial charge in [0.25, 0.3) is 0 Å². The van der Waals surface area contributed by atoms with Crippen LogP contribution in [0.4, 0.5) is 11.5 Å². The molecule has 0 amide bonds. The van der Waals surface area contributed by atoms with Crippen LogP contribution in [0.1, 0.15) is 11.5 Å². The molecule has 0 aliphatic carbocycles. The van der Waals surface area contributed by atoms with E-state index in [4.69, 9.17) is 5.26 Å². The molecule has 0 aliphatic heterocycles. The number of hydrogen-bond donors (Lipinski definition) is 3. The van der Waals surface area contributed by atoms with Gasteiger partial charge in [-0.1, -0.05) is 0 Å². The van der Waals surface area contributed by atoms with Gasteiger partial charge in [0.15, 0.2) is 0 Å². The zero-order chi connectivity index (χ0) is 14.1. The standard InChI is InChI=1S/C13H10N6O/c1-7-15-9(6-14)5-12(16-7)17-8-2-3-10-11(4-8)19-13(20)18-10/h2-5H,1H3,(H,15,16,17)(H2,18,19,20). The maximum atomic E-state index is 11.2. The number of aromatic nitrogens is 4. The number of H-pyrrole nitrogens is 2. The lowest BCUT2D eigenvalue weighted by molar-refractivity contribution is 1.04. The van der Waals surface area contributed by atoms with Crippen molar-refractivity contribution in [3.63, 3.8) is 0 Å². The minimum Gasteiger partial charge on any atom is -0.340 e. The maximum absolute atomic E-state index is 11.2. The second-order valence-electron chi connectivity index (χ2n) is 4.26. The Bertz CT molecular complexity index is 886. The Morgan fingerprint density at radius 2 is 2.00 bits per heavy atom. The minimum atomic E-state index is -0.248. The van der Waals surface area contributed by atoms with E-state index >= 15 is 0 Å². The summed E-state index contributed by atoms with van der Waals surface area (Å²) in [5.74, 6) is 1.05. The van der Waals surface area contributed by atoms with Crippen molar-refractivity contribution in [2.75, 3.05) is 5.32 Å². The highest BCUT2D eigenvalue weighted by Gasteiger charge is 2.04. The van der Waals surface area contributed by atoms with Gasteiger partial charge in [0.05, 0.1) is 11.0 Å². The Kier molecular flexibility index (Phi) is 2.69. The Labute approximate surface area is 113 Å². The third-order valence-corrected chi connectivity index (χ3v) is 2.74. The second kappa shape index (κ2) is 4.51. The molecule has 20 heavy (non-hydrogen) atoms. The summed E-state index contributed by atoms with van der Waals surface area (Å²) in [7, 11) is 0. The fourth-order valence-corrected chi connectivity index (χ4v) is 1.95. The number of anilines is 2. The molecule has 2 aromatic heterocycles. The fraction of sp³-hybridized carbons (Fsp3) is 0.0769. The molecule has 7 nitrogen and oxygen atoms in total. The summed E-state index contributed by atoms with van der Waals surface area (Å²) in [6.45, 7) is 1.72. The molecule has 1 aromatic carbocycles. The van der Waals surface area contributed by atoms with Gasteiger partial charge >= 0.3 is 5.69 Å². The van der Waals surface area contributed by atoms with Crippen LogP contribution in [0, 0.1) is 18.3 Å². The van der Waals surface area contributed by atoms with E-state index in [2.05, 4.69) is 25.3 Å². The van der Waals surface area contributed by atoms with E-state index in [0.717, 1.165) is 11.2 Å². The fourth-order valence-electron chi connectivity index (χ4n) is 1.95. The van der Waals surface area contributed by atoms with Crippen molar-refractivity contribution in [3.8, 4) is 6.07 Å². The van der Waals surface area contributed by atoms with Crippen LogP contribution in [0.25, 0.3) is 11.0 Å². The minimum absolute atomic E-state index is 0.248. The van der Waals surface area contributed by atoms with Crippen LogP contribution in [0.3, 0.4) is 0 Å². The monoisotopic (exact) mass is 266 g/mol. The molecule has 7 heteroatoms. The number of rotatable bonds is 2. The number of imidazole rings is 1. The summed E-state index contributed by atoms with van der Waals surface area (Å²) in [5.41, 5.74) is 2.25. The molecule has 0 atom stereocenters. The summed E-state index contributed by atoms with van der Waals surface area (Å²) in [4.78, 5) is 24.7. The average molecular weight is 266 g/mol. The lowest BCUT2D eigenvalue weighted by Gasteiger charge is -2.06. The molecule has 98 valence electrons. The Balaban J connectivity index is 1.98. The van der Waals surface area contributed by atoms with Crippen LogP contribution in [-0.2, 0) is 0 Å². The van der Waals surface area contributed by atoms with E-state index < -0.39 is 0 Å². The zero-order valence-corrected chi connectivity index (χ0v) is 10.6. The Morgan fingerprint density at radius 1 is 1.20 bits per heavy atom. The highest BCUT2D eigenvalue weighted by Crippen LogP contribution is 2.18. The topological polar surface area (TPSA) is 110 Å². The molecular weight excluding hydrogens is 256 g/mol. The third kappa shape index (κ3) is 2.22. The SMILES string of the molecule is Cc1nc(C#N)cc(Nc2ccc3[nH]c(=O)[nH]c3c2)n1. The van der Waals surface area contributed by atoms with Gasteiger partial charge in [0, 0.05) is 11.8 Å². The van der Waals surface area contributed by atoms with Crippen molar-refractivity contribution < 1.29 is 0 Å². The van der Waals surface area contributed by atoms with Gasteiger partial charge < -0.3 is 15.3 Å². The summed E-state index contributed by atoms with van der Waals surface area (Å²) in [6.07, 6.45) is 0. The first-order chi connectivity index (χ1) is 9.64. The zero-order valence-electron chi connectivity index (χ0n) is 10.6. The average Bonchev–Trinajstić information content (AvgIpc) is 2.77. The van der Waals surface area contributed by atoms with Crippen LogP contribution < -0.4 is 11.0 Å². The van der Waals surface area contributed by atoms with Crippen molar-refractivity contribution in [1.29, 1.82) is 5.26 Å². The van der Waals surface area contributed by atoms with Gasteiger partial charge in [0.1, 0.15) is 23.4 Å². The molecule has 0 aliphatic rings. The van der Waals surface area contributed by atoms with Gasteiger partial charge in [-0.2, -0.15) is 5.26 Å². The molecule has 0 saturated carbocycles. The van der Waals surface area contributed by atoms with Crippen LogP contribution in [0.15, 0.2) is 29.1 Å². The van der Waals surface area contributed by atoms with Crippen molar-refractivity contribution >= 4 is 22.5 Å². The normalized spacial score (nSPS) is 10.4. The van der Waals surface area contributed by atoms with E-state index in [9.17, 15) is 4.79 Å². The number of nitrogens with one attached hydrogen (secondary N) is 3. The summed E-state index contributed by atoms with van der Waals surface area (Å²) in [6, 6.07) is 8.94. The molecule has 3 rings (SSSR count). The van der Waals surface area contributed by atoms with E-state index in [1.807, 2.05) is 12.1 Å². The predicted octanol–water partition coefficient (Wildman–Crippen LogP) is 1.57. The number of benzene rings is 1. The lowest BCUT2D eigenvalue weighted by atomic mass is 10.2. The molecule has 0 radical (unpaired) electrons. The first-order valence-corrected chi connectivity index (χ1v) is 5.89. The molecule has 0 unspecified atom stereocenters.